The summed E-state index contributed by atoms with van der Waals surface area (Å²) in [5.74, 6) is 1.31. The number of benzene rings is 1. The second kappa shape index (κ2) is 8.64. The second-order valence-corrected chi connectivity index (χ2v) is 8.63. The normalized spacial score (nSPS) is 21.9. The zero-order valence-corrected chi connectivity index (χ0v) is 17.4. The van der Waals surface area contributed by atoms with Crippen LogP contribution in [0.4, 0.5) is 5.69 Å². The number of likely N-dealkylation sites (tertiary alicyclic amines) is 1. The monoisotopic (exact) mass is 382 g/mol. The highest BCUT2D eigenvalue weighted by Gasteiger charge is 2.30. The van der Waals surface area contributed by atoms with E-state index in [2.05, 4.69) is 39.7 Å². The van der Waals surface area contributed by atoms with Gasteiger partial charge in [0.15, 0.2) is 0 Å². The van der Waals surface area contributed by atoms with Crippen molar-refractivity contribution in [1.82, 2.24) is 14.5 Å². The Morgan fingerprint density at radius 1 is 1.18 bits per heavy atom. The molecule has 5 nitrogen and oxygen atoms in total. The van der Waals surface area contributed by atoms with E-state index in [0.29, 0.717) is 6.04 Å². The molecule has 1 aliphatic heterocycles. The first-order valence-electron chi connectivity index (χ1n) is 11.2. The lowest BCUT2D eigenvalue weighted by Gasteiger charge is -2.39. The van der Waals surface area contributed by atoms with Gasteiger partial charge in [0.2, 0.25) is 5.91 Å². The van der Waals surface area contributed by atoms with Crippen LogP contribution in [0, 0.1) is 12.8 Å². The van der Waals surface area contributed by atoms with E-state index in [1.807, 2.05) is 12.1 Å². The molecular weight excluding hydrogens is 348 g/mol. The molecule has 1 amide bonds. The Labute approximate surface area is 168 Å². The summed E-state index contributed by atoms with van der Waals surface area (Å²) in [6.45, 7) is 7.29. The van der Waals surface area contributed by atoms with Crippen molar-refractivity contribution in [2.75, 3.05) is 18.4 Å². The van der Waals surface area contributed by atoms with Gasteiger partial charge in [0.05, 0.1) is 17.0 Å². The summed E-state index contributed by atoms with van der Waals surface area (Å²) in [6, 6.07) is 6.84. The third-order valence-corrected chi connectivity index (χ3v) is 6.57. The van der Waals surface area contributed by atoms with Gasteiger partial charge in [0.25, 0.3) is 0 Å². The van der Waals surface area contributed by atoms with Crippen molar-refractivity contribution in [2.24, 2.45) is 5.92 Å². The first kappa shape index (κ1) is 19.4. The molecule has 1 aromatic carbocycles. The molecule has 2 aromatic rings. The van der Waals surface area contributed by atoms with Crippen LogP contribution in [0.15, 0.2) is 18.2 Å². The van der Waals surface area contributed by atoms with Crippen LogP contribution in [0.5, 0.6) is 0 Å². The number of carbonyl (C=O) groups is 1. The number of anilines is 1. The molecule has 1 aromatic heterocycles. The lowest BCUT2D eigenvalue weighted by atomic mass is 9.90. The molecule has 5 heteroatoms. The van der Waals surface area contributed by atoms with E-state index < -0.39 is 0 Å². The number of aromatic nitrogens is 2. The zero-order valence-electron chi connectivity index (χ0n) is 17.4. The minimum atomic E-state index is 0.103. The standard InChI is InChI=1S/C23H34N4O/c1-3-13-27-17(2)24-21-15-19(11-12-22(21)27)25-23(28)18-8-7-14-26(16-18)20-9-5-4-6-10-20/h11-12,15,18,20H,3-10,13-14,16H2,1-2H3,(H,25,28). The highest BCUT2D eigenvalue weighted by molar-refractivity contribution is 5.94. The summed E-state index contributed by atoms with van der Waals surface area (Å²) in [7, 11) is 0. The molecule has 4 rings (SSSR count). The average Bonchev–Trinajstić information content (AvgIpc) is 3.03. The number of carbonyl (C=O) groups excluding carboxylic acids is 1. The molecule has 1 N–H and O–H groups in total. The second-order valence-electron chi connectivity index (χ2n) is 8.63. The van der Waals surface area contributed by atoms with Gasteiger partial charge in [-0.3, -0.25) is 9.69 Å². The number of fused-ring (bicyclic) bond motifs is 1. The van der Waals surface area contributed by atoms with E-state index in [9.17, 15) is 4.79 Å². The third kappa shape index (κ3) is 4.09. The molecule has 28 heavy (non-hydrogen) atoms. The number of nitrogens with one attached hydrogen (secondary N) is 1. The van der Waals surface area contributed by atoms with Crippen LogP contribution >= 0.6 is 0 Å². The minimum Gasteiger partial charge on any atom is -0.328 e. The summed E-state index contributed by atoms with van der Waals surface area (Å²) < 4.78 is 2.25. The predicted octanol–water partition coefficient (Wildman–Crippen LogP) is 4.74. The summed E-state index contributed by atoms with van der Waals surface area (Å²) in [5, 5.41) is 3.17. The highest BCUT2D eigenvalue weighted by atomic mass is 16.1. The molecule has 2 heterocycles. The Morgan fingerprint density at radius 2 is 2.00 bits per heavy atom. The van der Waals surface area contributed by atoms with Gasteiger partial charge in [0.1, 0.15) is 5.82 Å². The van der Waals surface area contributed by atoms with Crippen molar-refractivity contribution in [3.05, 3.63) is 24.0 Å². The quantitative estimate of drug-likeness (QED) is 0.813. The first-order chi connectivity index (χ1) is 13.7. The van der Waals surface area contributed by atoms with E-state index in [0.717, 1.165) is 61.4 Å². The number of piperidine rings is 1. The molecule has 1 unspecified atom stereocenters. The van der Waals surface area contributed by atoms with Crippen molar-refractivity contribution < 1.29 is 4.79 Å². The molecule has 2 aliphatic rings. The van der Waals surface area contributed by atoms with Gasteiger partial charge in [-0.15, -0.1) is 0 Å². The van der Waals surface area contributed by atoms with Gasteiger partial charge in [-0.25, -0.2) is 4.98 Å². The van der Waals surface area contributed by atoms with Crippen LogP contribution in [-0.4, -0.2) is 39.5 Å². The molecule has 0 radical (unpaired) electrons. The van der Waals surface area contributed by atoms with Gasteiger partial charge in [-0.05, 0) is 63.8 Å². The fourth-order valence-electron chi connectivity index (χ4n) is 5.08. The van der Waals surface area contributed by atoms with Crippen LogP contribution in [0.3, 0.4) is 0 Å². The number of hydrogen-bond acceptors (Lipinski definition) is 3. The predicted molar refractivity (Wildman–Crippen MR) is 115 cm³/mol. The maximum atomic E-state index is 12.9. The van der Waals surface area contributed by atoms with Crippen molar-refractivity contribution in [1.29, 1.82) is 0 Å². The maximum absolute atomic E-state index is 12.9. The highest BCUT2D eigenvalue weighted by Crippen LogP contribution is 2.28. The summed E-state index contributed by atoms with van der Waals surface area (Å²) in [4.78, 5) is 20.2. The Hall–Kier alpha value is -1.88. The molecule has 152 valence electrons. The largest absolute Gasteiger partial charge is 0.328 e. The number of aryl methyl sites for hydroxylation is 2. The molecule has 0 bridgehead atoms. The lowest BCUT2D eigenvalue weighted by molar-refractivity contribution is -0.121. The summed E-state index contributed by atoms with van der Waals surface area (Å²) in [5.41, 5.74) is 2.99. The average molecular weight is 383 g/mol. The first-order valence-corrected chi connectivity index (χ1v) is 11.2. The Bertz CT molecular complexity index is 821. The van der Waals surface area contributed by atoms with E-state index in [4.69, 9.17) is 0 Å². The van der Waals surface area contributed by atoms with E-state index in [-0.39, 0.29) is 11.8 Å². The third-order valence-electron chi connectivity index (χ3n) is 6.57. The molecule has 2 fully saturated rings. The van der Waals surface area contributed by atoms with Gasteiger partial charge < -0.3 is 9.88 Å². The molecule has 1 saturated carbocycles. The van der Waals surface area contributed by atoms with Gasteiger partial charge in [0, 0.05) is 24.8 Å². The number of hydrogen-bond donors (Lipinski definition) is 1. The van der Waals surface area contributed by atoms with Crippen LogP contribution in [0.25, 0.3) is 11.0 Å². The van der Waals surface area contributed by atoms with Crippen molar-refractivity contribution in [3.63, 3.8) is 0 Å². The van der Waals surface area contributed by atoms with Crippen LogP contribution < -0.4 is 5.32 Å². The van der Waals surface area contributed by atoms with Gasteiger partial charge in [-0.2, -0.15) is 0 Å². The number of nitrogens with zero attached hydrogens (tertiary/aromatic N) is 3. The van der Waals surface area contributed by atoms with Crippen molar-refractivity contribution in [2.45, 2.75) is 77.8 Å². The number of amides is 1. The smallest absolute Gasteiger partial charge is 0.228 e. The van der Waals surface area contributed by atoms with E-state index >= 15 is 0 Å². The SMILES string of the molecule is CCCn1c(C)nc2cc(NC(=O)C3CCCN(C4CCCCC4)C3)ccc21. The van der Waals surface area contributed by atoms with Crippen molar-refractivity contribution in [3.8, 4) is 0 Å². The minimum absolute atomic E-state index is 0.103. The topological polar surface area (TPSA) is 50.2 Å². The fraction of sp³-hybridized carbons (Fsp3) is 0.652. The molecule has 1 aliphatic carbocycles. The van der Waals surface area contributed by atoms with E-state index in [1.165, 1.54) is 32.1 Å². The van der Waals surface area contributed by atoms with Crippen LogP contribution in [0.2, 0.25) is 0 Å². The molecule has 1 saturated heterocycles. The lowest BCUT2D eigenvalue weighted by Crippen LogP contribution is -2.46. The molecule has 1 atom stereocenters. The van der Waals surface area contributed by atoms with Crippen LogP contribution in [0.1, 0.15) is 64.1 Å². The van der Waals surface area contributed by atoms with Crippen LogP contribution in [-0.2, 0) is 11.3 Å². The molecular formula is C23H34N4O. The Morgan fingerprint density at radius 3 is 2.79 bits per heavy atom. The Kier molecular flexibility index (Phi) is 6.00. The zero-order chi connectivity index (χ0) is 19.5. The summed E-state index contributed by atoms with van der Waals surface area (Å²) in [6.07, 6.45) is 9.92. The maximum Gasteiger partial charge on any atom is 0.228 e. The van der Waals surface area contributed by atoms with Crippen molar-refractivity contribution >= 4 is 22.6 Å². The Balaban J connectivity index is 1.42. The summed E-state index contributed by atoms with van der Waals surface area (Å²) >= 11 is 0. The van der Waals surface area contributed by atoms with Gasteiger partial charge in [-0.1, -0.05) is 26.2 Å². The van der Waals surface area contributed by atoms with Gasteiger partial charge >= 0.3 is 0 Å². The van der Waals surface area contributed by atoms with E-state index in [1.54, 1.807) is 0 Å². The molecule has 0 spiro atoms. The fourth-order valence-corrected chi connectivity index (χ4v) is 5.08. The number of rotatable bonds is 5. The number of imidazole rings is 1.